The monoisotopic (exact) mass is 361 g/mol. The van der Waals surface area contributed by atoms with E-state index < -0.39 is 0 Å². The molecule has 0 spiro atoms. The van der Waals surface area contributed by atoms with Gasteiger partial charge in [-0.15, -0.1) is 0 Å². The Morgan fingerprint density at radius 1 is 1.11 bits per heavy atom. The lowest BCUT2D eigenvalue weighted by Gasteiger charge is -2.40. The Balaban J connectivity index is 1.85. The molecule has 3 aromatic rings. The lowest BCUT2D eigenvalue weighted by atomic mass is 10.1. The highest BCUT2D eigenvalue weighted by molar-refractivity contribution is 6.09. The third-order valence-electron chi connectivity index (χ3n) is 4.69. The third-order valence-corrected chi connectivity index (χ3v) is 4.69. The van der Waals surface area contributed by atoms with E-state index in [1.54, 1.807) is 28.1 Å². The number of carbonyl (C=O) groups is 2. The first-order chi connectivity index (χ1) is 13.1. The maximum atomic E-state index is 13.0. The van der Waals surface area contributed by atoms with Gasteiger partial charge in [-0.25, -0.2) is 0 Å². The fourth-order valence-electron chi connectivity index (χ4n) is 3.49. The summed E-state index contributed by atoms with van der Waals surface area (Å²) in [5.41, 5.74) is 2.96. The number of hydrogen-bond acceptors (Lipinski definition) is 4. The standard InChI is InChI=1S/C21H19N3O3/c1-14-13-23(21(26)20-9-6-10-27-20)18-11-17(16-7-4-3-5-8-16)22-12-19(18)24(14)15(2)25/h3-12,14H,13H2,1-2H3/t14-/m0/s1. The Hall–Kier alpha value is -3.41. The number of benzene rings is 1. The van der Waals surface area contributed by atoms with Gasteiger partial charge in [-0.1, -0.05) is 30.3 Å². The van der Waals surface area contributed by atoms with E-state index in [-0.39, 0.29) is 23.6 Å². The number of rotatable bonds is 2. The van der Waals surface area contributed by atoms with Crippen LogP contribution in [0.15, 0.2) is 65.4 Å². The van der Waals surface area contributed by atoms with Crippen LogP contribution in [0.25, 0.3) is 11.3 Å². The highest BCUT2D eigenvalue weighted by Crippen LogP contribution is 2.38. The number of fused-ring (bicyclic) bond motifs is 1. The summed E-state index contributed by atoms with van der Waals surface area (Å²) in [5, 5.41) is 0. The van der Waals surface area contributed by atoms with Crippen LogP contribution in [0.4, 0.5) is 11.4 Å². The largest absolute Gasteiger partial charge is 0.459 e. The molecule has 0 bridgehead atoms. The second-order valence-corrected chi connectivity index (χ2v) is 6.56. The summed E-state index contributed by atoms with van der Waals surface area (Å²) in [7, 11) is 0. The predicted octanol–water partition coefficient (Wildman–Crippen LogP) is 3.74. The molecule has 6 heteroatoms. The zero-order valence-corrected chi connectivity index (χ0v) is 15.1. The van der Waals surface area contributed by atoms with E-state index in [0.717, 1.165) is 11.3 Å². The van der Waals surface area contributed by atoms with Crippen molar-refractivity contribution < 1.29 is 14.0 Å². The Morgan fingerprint density at radius 2 is 1.89 bits per heavy atom. The van der Waals surface area contributed by atoms with Gasteiger partial charge in [0.05, 0.1) is 35.6 Å². The minimum Gasteiger partial charge on any atom is -0.459 e. The number of furan rings is 1. The van der Waals surface area contributed by atoms with E-state index in [4.69, 9.17) is 4.42 Å². The van der Waals surface area contributed by atoms with Crippen molar-refractivity contribution in [2.75, 3.05) is 16.3 Å². The van der Waals surface area contributed by atoms with Gasteiger partial charge in [0.15, 0.2) is 5.76 Å². The number of nitrogens with zero attached hydrogens (tertiary/aromatic N) is 3. The second kappa shape index (κ2) is 6.72. The molecule has 1 atom stereocenters. The van der Waals surface area contributed by atoms with Crippen LogP contribution in [0.1, 0.15) is 24.4 Å². The van der Waals surface area contributed by atoms with Crippen molar-refractivity contribution in [1.29, 1.82) is 0 Å². The van der Waals surface area contributed by atoms with Crippen molar-refractivity contribution >= 4 is 23.2 Å². The van der Waals surface area contributed by atoms with Gasteiger partial charge in [0.2, 0.25) is 5.91 Å². The molecule has 1 aliphatic rings. The van der Waals surface area contributed by atoms with E-state index in [1.807, 2.05) is 43.3 Å². The maximum absolute atomic E-state index is 13.0. The summed E-state index contributed by atoms with van der Waals surface area (Å²) < 4.78 is 5.30. The van der Waals surface area contributed by atoms with Crippen LogP contribution in [0.5, 0.6) is 0 Å². The van der Waals surface area contributed by atoms with Gasteiger partial charge in [-0.2, -0.15) is 0 Å². The number of amides is 2. The number of aromatic nitrogens is 1. The number of carbonyl (C=O) groups excluding carboxylic acids is 2. The van der Waals surface area contributed by atoms with E-state index in [2.05, 4.69) is 4.98 Å². The first kappa shape index (κ1) is 17.0. The van der Waals surface area contributed by atoms with Gasteiger partial charge >= 0.3 is 0 Å². The summed E-state index contributed by atoms with van der Waals surface area (Å²) in [4.78, 5) is 33.1. The molecule has 4 rings (SSSR count). The van der Waals surface area contributed by atoms with Crippen molar-refractivity contribution in [3.05, 3.63) is 66.8 Å². The molecule has 0 unspecified atom stereocenters. The third kappa shape index (κ3) is 2.99. The zero-order chi connectivity index (χ0) is 19.0. The fraction of sp³-hybridized carbons (Fsp3) is 0.190. The van der Waals surface area contributed by atoms with Crippen LogP contribution in [0.2, 0.25) is 0 Å². The molecule has 1 aliphatic heterocycles. The molecular formula is C21H19N3O3. The van der Waals surface area contributed by atoms with Crippen LogP contribution < -0.4 is 9.80 Å². The minimum absolute atomic E-state index is 0.0805. The first-order valence-electron chi connectivity index (χ1n) is 8.77. The smallest absolute Gasteiger partial charge is 0.294 e. The van der Waals surface area contributed by atoms with E-state index in [9.17, 15) is 9.59 Å². The van der Waals surface area contributed by atoms with Crippen molar-refractivity contribution in [2.24, 2.45) is 0 Å². The van der Waals surface area contributed by atoms with E-state index in [1.165, 1.54) is 13.2 Å². The molecule has 0 aliphatic carbocycles. The molecule has 0 saturated heterocycles. The number of pyridine rings is 1. The lowest BCUT2D eigenvalue weighted by molar-refractivity contribution is -0.117. The van der Waals surface area contributed by atoms with Gasteiger partial charge in [-0.05, 0) is 25.1 Å². The predicted molar refractivity (Wildman–Crippen MR) is 103 cm³/mol. The van der Waals surface area contributed by atoms with Crippen molar-refractivity contribution in [3.8, 4) is 11.3 Å². The summed E-state index contributed by atoms with van der Waals surface area (Å²) >= 11 is 0. The summed E-state index contributed by atoms with van der Waals surface area (Å²) in [6.07, 6.45) is 3.14. The molecule has 0 saturated carbocycles. The molecule has 2 aromatic heterocycles. The SMILES string of the molecule is CC(=O)N1c2cnc(-c3ccccc3)cc2N(C(=O)c2ccco2)C[C@@H]1C. The highest BCUT2D eigenvalue weighted by Gasteiger charge is 2.35. The first-order valence-corrected chi connectivity index (χ1v) is 8.77. The van der Waals surface area contributed by atoms with Gasteiger partial charge < -0.3 is 14.2 Å². The molecule has 0 radical (unpaired) electrons. The van der Waals surface area contributed by atoms with Crippen LogP contribution in [-0.4, -0.2) is 29.4 Å². The van der Waals surface area contributed by atoms with Crippen LogP contribution in [-0.2, 0) is 4.79 Å². The molecule has 2 amide bonds. The van der Waals surface area contributed by atoms with Gasteiger partial charge in [0, 0.05) is 19.0 Å². The van der Waals surface area contributed by atoms with Crippen LogP contribution >= 0.6 is 0 Å². The average molecular weight is 361 g/mol. The Kier molecular flexibility index (Phi) is 4.24. The van der Waals surface area contributed by atoms with Crippen LogP contribution in [0.3, 0.4) is 0 Å². The molecular weight excluding hydrogens is 342 g/mol. The Bertz CT molecular complexity index is 983. The molecule has 3 heterocycles. The normalized spacial score (nSPS) is 16.1. The van der Waals surface area contributed by atoms with E-state index >= 15 is 0 Å². The van der Waals surface area contributed by atoms with Crippen molar-refractivity contribution in [2.45, 2.75) is 19.9 Å². The second-order valence-electron chi connectivity index (χ2n) is 6.56. The fourth-order valence-corrected chi connectivity index (χ4v) is 3.49. The van der Waals surface area contributed by atoms with E-state index in [0.29, 0.717) is 17.9 Å². The number of hydrogen-bond donors (Lipinski definition) is 0. The average Bonchev–Trinajstić information content (AvgIpc) is 3.21. The Morgan fingerprint density at radius 3 is 2.56 bits per heavy atom. The molecule has 0 fully saturated rings. The Labute approximate surface area is 157 Å². The van der Waals surface area contributed by atoms with Gasteiger partial charge in [0.1, 0.15) is 0 Å². The molecule has 27 heavy (non-hydrogen) atoms. The van der Waals surface area contributed by atoms with Gasteiger partial charge in [-0.3, -0.25) is 14.6 Å². The van der Waals surface area contributed by atoms with Crippen LogP contribution in [0, 0.1) is 0 Å². The summed E-state index contributed by atoms with van der Waals surface area (Å²) in [6.45, 7) is 3.82. The van der Waals surface area contributed by atoms with Crippen molar-refractivity contribution in [1.82, 2.24) is 4.98 Å². The topological polar surface area (TPSA) is 66.7 Å². The molecule has 1 aromatic carbocycles. The van der Waals surface area contributed by atoms with Gasteiger partial charge in [0.25, 0.3) is 5.91 Å². The minimum atomic E-state index is -0.235. The van der Waals surface area contributed by atoms with Crippen molar-refractivity contribution in [3.63, 3.8) is 0 Å². The lowest BCUT2D eigenvalue weighted by Crippen LogP contribution is -2.51. The zero-order valence-electron chi connectivity index (χ0n) is 15.1. The highest BCUT2D eigenvalue weighted by atomic mass is 16.3. The molecule has 0 N–H and O–H groups in total. The molecule has 6 nitrogen and oxygen atoms in total. The number of anilines is 2. The summed E-state index contributed by atoms with van der Waals surface area (Å²) in [6, 6.07) is 14.7. The molecule has 136 valence electrons. The quantitative estimate of drug-likeness (QED) is 0.697. The maximum Gasteiger partial charge on any atom is 0.294 e. The summed E-state index contributed by atoms with van der Waals surface area (Å²) in [5.74, 6) is -0.0490.